The lowest BCUT2D eigenvalue weighted by molar-refractivity contribution is 0.188. The van der Waals surface area contributed by atoms with E-state index in [1.807, 2.05) is 0 Å². The summed E-state index contributed by atoms with van der Waals surface area (Å²) in [5, 5.41) is 1.44. The molecule has 2 nitrogen and oxygen atoms in total. The van der Waals surface area contributed by atoms with Crippen LogP contribution in [0.2, 0.25) is 0 Å². The minimum Gasteiger partial charge on any atom is -0.311 e. The zero-order valence-corrected chi connectivity index (χ0v) is 42.7. The summed E-state index contributed by atoms with van der Waals surface area (Å²) in [5.41, 5.74) is 24.7. The largest absolute Gasteiger partial charge is 0.311 e. The molecule has 0 N–H and O–H groups in total. The second-order valence-electron chi connectivity index (χ2n) is 25.3. The van der Waals surface area contributed by atoms with Gasteiger partial charge in [0.1, 0.15) is 0 Å². The fourth-order valence-electron chi connectivity index (χ4n) is 14.2. The molecule has 4 heteroatoms. The van der Waals surface area contributed by atoms with Gasteiger partial charge in [0.05, 0.1) is 5.69 Å². The number of aryl methyl sites for hydroxylation is 1. The first-order chi connectivity index (χ1) is 31.8. The molecule has 6 aromatic carbocycles. The molecule has 67 heavy (non-hydrogen) atoms. The molecular formula is C63H67BN2S. The summed E-state index contributed by atoms with van der Waals surface area (Å²) in [5.74, 6) is 0. The van der Waals surface area contributed by atoms with Crippen LogP contribution in [0.4, 0.5) is 34.1 Å². The predicted molar refractivity (Wildman–Crippen MR) is 290 cm³/mol. The molecule has 1 fully saturated rings. The number of hydrogen-bond acceptors (Lipinski definition) is 3. The number of hydrogen-bond donors (Lipinski definition) is 0. The van der Waals surface area contributed by atoms with Crippen LogP contribution >= 0.6 is 11.3 Å². The Morgan fingerprint density at radius 2 is 0.985 bits per heavy atom. The summed E-state index contributed by atoms with van der Waals surface area (Å²) in [6, 6.07) is 44.1. The molecular weight excluding hydrogens is 828 g/mol. The number of benzene rings is 6. The number of anilines is 6. The van der Waals surface area contributed by atoms with Crippen molar-refractivity contribution >= 4 is 78.0 Å². The van der Waals surface area contributed by atoms with Crippen molar-refractivity contribution in [1.82, 2.24) is 0 Å². The normalized spacial score (nSPS) is 24.1. The van der Waals surface area contributed by atoms with Crippen molar-refractivity contribution in [1.29, 1.82) is 0 Å². The van der Waals surface area contributed by atoms with E-state index in [0.29, 0.717) is 0 Å². The molecule has 2 bridgehead atoms. The van der Waals surface area contributed by atoms with Gasteiger partial charge in [-0.25, -0.2) is 0 Å². The van der Waals surface area contributed by atoms with Gasteiger partial charge in [0, 0.05) is 43.3 Å². The molecule has 7 aromatic rings. The van der Waals surface area contributed by atoms with Gasteiger partial charge in [-0.15, -0.1) is 11.3 Å². The molecule has 14 rings (SSSR count). The summed E-state index contributed by atoms with van der Waals surface area (Å²) >= 11 is 2.10. The zero-order chi connectivity index (χ0) is 46.4. The highest BCUT2D eigenvalue weighted by Gasteiger charge is 2.51. The van der Waals surface area contributed by atoms with E-state index >= 15 is 0 Å². The monoisotopic (exact) mass is 895 g/mol. The molecule has 7 aliphatic rings. The van der Waals surface area contributed by atoms with Crippen LogP contribution in [0.5, 0.6) is 0 Å². The van der Waals surface area contributed by atoms with E-state index in [0.717, 1.165) is 0 Å². The maximum absolute atomic E-state index is 2.77. The van der Waals surface area contributed by atoms with Crippen LogP contribution in [0, 0.1) is 6.92 Å². The summed E-state index contributed by atoms with van der Waals surface area (Å²) in [7, 11) is 0. The number of rotatable bonds is 3. The first-order valence-electron chi connectivity index (χ1n) is 25.6. The van der Waals surface area contributed by atoms with Crippen LogP contribution in [0.25, 0.3) is 21.2 Å². The highest BCUT2D eigenvalue weighted by molar-refractivity contribution is 7.33. The lowest BCUT2D eigenvalue weighted by atomic mass is 9.35. The first-order valence-corrected chi connectivity index (χ1v) is 26.4. The molecule has 3 heterocycles. The second-order valence-corrected chi connectivity index (χ2v) is 26.4. The number of nitrogens with zero attached hydrogens (tertiary/aromatic N) is 2. The third-order valence-electron chi connectivity index (χ3n) is 19.0. The predicted octanol–water partition coefficient (Wildman–Crippen LogP) is 15.8. The smallest absolute Gasteiger partial charge is 0.264 e. The molecule has 0 saturated heterocycles. The van der Waals surface area contributed by atoms with Gasteiger partial charge in [-0.3, -0.25) is 0 Å². The molecule has 0 radical (unpaired) electrons. The Kier molecular flexibility index (Phi) is 8.53. The Morgan fingerprint density at radius 3 is 1.61 bits per heavy atom. The summed E-state index contributed by atoms with van der Waals surface area (Å²) < 4.78 is 2.95. The summed E-state index contributed by atoms with van der Waals surface area (Å²) in [6.07, 6.45) is 9.91. The van der Waals surface area contributed by atoms with Gasteiger partial charge >= 0.3 is 0 Å². The Labute approximate surface area is 404 Å². The number of thiophene rings is 1. The zero-order valence-electron chi connectivity index (χ0n) is 41.9. The van der Waals surface area contributed by atoms with Crippen molar-refractivity contribution in [3.8, 4) is 11.1 Å². The fourth-order valence-corrected chi connectivity index (χ4v) is 15.6. The van der Waals surface area contributed by atoms with Crippen molar-refractivity contribution in [2.75, 3.05) is 9.80 Å². The fraction of sp³-hybridized carbons (Fsp3) is 0.397. The summed E-state index contributed by atoms with van der Waals surface area (Å²) in [4.78, 5) is 5.44. The standard InChI is InChI=1S/C63H67BN2S/c1-38-17-19-41(20-18-38)65-51-36-47-46(60(6,7)25-26-61(47,8)9)35-50(51)64-55-52(65)31-40(39-15-13-12-14-16-39)32-53(55)66(42-21-22-44-45(33-42)59(4,5)24-23-58(44,2)3)56-43-34-48-49(37-54(43)67-57(56)64)63(11)29-27-62(48,10)28-30-63/h12-22,31-37H,23-30H2,1-11H3. The SMILES string of the molecule is Cc1ccc(N2c3cc4c(cc3B3c5sc6cc7c(cc6c5N(c5ccc6c(c5)C(C)(C)CCC6(C)C)c5cc(-c6ccccc6)cc2c53)C2(C)CCC7(C)CC2)C(C)(C)CCC4(C)C)cc1. The van der Waals surface area contributed by atoms with Crippen LogP contribution in [0.1, 0.15) is 160 Å². The summed E-state index contributed by atoms with van der Waals surface area (Å²) in [6.45, 7) is 27.4. The molecule has 1 aromatic heterocycles. The van der Waals surface area contributed by atoms with Gasteiger partial charge in [-0.05, 0) is 201 Å². The molecule has 338 valence electrons. The average molecular weight is 895 g/mol. The Hall–Kier alpha value is -5.06. The quantitative estimate of drug-likeness (QED) is 0.163. The minimum absolute atomic E-state index is 0.0712. The van der Waals surface area contributed by atoms with E-state index < -0.39 is 0 Å². The van der Waals surface area contributed by atoms with Gasteiger partial charge in [-0.1, -0.05) is 129 Å². The van der Waals surface area contributed by atoms with E-state index in [4.69, 9.17) is 0 Å². The highest BCUT2D eigenvalue weighted by Crippen LogP contribution is 2.59. The minimum atomic E-state index is 0.0712. The Bertz CT molecular complexity index is 3250. The van der Waals surface area contributed by atoms with Gasteiger partial charge in [0.2, 0.25) is 0 Å². The van der Waals surface area contributed by atoms with Crippen molar-refractivity contribution in [2.45, 2.75) is 160 Å². The molecule has 0 amide bonds. The molecule has 5 aliphatic carbocycles. The lowest BCUT2D eigenvalue weighted by Gasteiger charge is -2.52. The maximum atomic E-state index is 2.77. The first kappa shape index (κ1) is 42.1. The van der Waals surface area contributed by atoms with E-state index in [9.17, 15) is 0 Å². The molecule has 2 aliphatic heterocycles. The molecule has 0 atom stereocenters. The second kappa shape index (κ2) is 13.6. The average Bonchev–Trinajstić information content (AvgIpc) is 3.68. The van der Waals surface area contributed by atoms with Crippen LogP contribution in [0.3, 0.4) is 0 Å². The van der Waals surface area contributed by atoms with E-state index in [1.165, 1.54) is 150 Å². The van der Waals surface area contributed by atoms with E-state index in [-0.39, 0.29) is 39.2 Å². The Morgan fingerprint density at radius 1 is 0.448 bits per heavy atom. The van der Waals surface area contributed by atoms with Crippen LogP contribution in [-0.2, 0) is 32.5 Å². The number of fused-ring (bicyclic) bond motifs is 10. The molecule has 1 saturated carbocycles. The van der Waals surface area contributed by atoms with Gasteiger partial charge in [0.25, 0.3) is 6.71 Å². The van der Waals surface area contributed by atoms with Crippen molar-refractivity contribution < 1.29 is 0 Å². The van der Waals surface area contributed by atoms with Gasteiger partial charge in [-0.2, -0.15) is 0 Å². The third kappa shape index (κ3) is 5.87. The molecule has 0 spiro atoms. The third-order valence-corrected chi connectivity index (χ3v) is 20.2. The van der Waals surface area contributed by atoms with Crippen molar-refractivity contribution in [3.63, 3.8) is 0 Å². The maximum Gasteiger partial charge on any atom is 0.264 e. The van der Waals surface area contributed by atoms with Crippen LogP contribution in [0.15, 0.2) is 109 Å². The van der Waals surface area contributed by atoms with E-state index in [2.05, 4.69) is 206 Å². The molecule has 0 unspecified atom stereocenters. The van der Waals surface area contributed by atoms with E-state index in [1.54, 1.807) is 11.1 Å². The van der Waals surface area contributed by atoms with Gasteiger partial charge < -0.3 is 9.80 Å². The van der Waals surface area contributed by atoms with Crippen molar-refractivity contribution in [3.05, 3.63) is 148 Å². The van der Waals surface area contributed by atoms with Crippen molar-refractivity contribution in [2.24, 2.45) is 0 Å². The van der Waals surface area contributed by atoms with Crippen LogP contribution < -0.4 is 25.5 Å². The lowest BCUT2D eigenvalue weighted by Crippen LogP contribution is -2.61. The topological polar surface area (TPSA) is 6.48 Å². The Balaban J connectivity index is 1.19. The highest BCUT2D eigenvalue weighted by atomic mass is 32.1. The van der Waals surface area contributed by atoms with Crippen LogP contribution in [-0.4, -0.2) is 6.71 Å². The van der Waals surface area contributed by atoms with Gasteiger partial charge in [0.15, 0.2) is 0 Å².